The van der Waals surface area contributed by atoms with Gasteiger partial charge in [-0.3, -0.25) is 4.68 Å². The maximum atomic E-state index is 13.1. The van der Waals surface area contributed by atoms with Gasteiger partial charge in [-0.05, 0) is 98.3 Å². The number of nitrogens with zero attached hydrogens (tertiary/aromatic N) is 4. The van der Waals surface area contributed by atoms with Gasteiger partial charge in [-0.2, -0.15) is 13.5 Å². The summed E-state index contributed by atoms with van der Waals surface area (Å²) in [5.41, 5.74) is 4.41. The number of aryl methyl sites for hydroxylation is 1. The van der Waals surface area contributed by atoms with Crippen LogP contribution in [0, 0.1) is 3.57 Å². The van der Waals surface area contributed by atoms with Crippen LogP contribution < -0.4 is 14.8 Å². The minimum atomic E-state index is -4.18. The molecule has 3 heterocycles. The van der Waals surface area contributed by atoms with E-state index >= 15 is 0 Å². The number of rotatable bonds is 7. The molecule has 10 nitrogen and oxygen atoms in total. The highest BCUT2D eigenvalue weighted by Gasteiger charge is 2.27. The number of hydrogen-bond acceptors (Lipinski definition) is 7. The van der Waals surface area contributed by atoms with Gasteiger partial charge in [-0.15, -0.1) is 0 Å². The molecule has 208 valence electrons. The van der Waals surface area contributed by atoms with E-state index in [0.717, 1.165) is 67.4 Å². The number of pyridine rings is 1. The first-order valence-corrected chi connectivity index (χ1v) is 15.7. The number of nitrogens with one attached hydrogen (secondary N) is 2. The quantitative estimate of drug-likeness (QED) is 0.355. The minimum absolute atomic E-state index is 0.0144. The van der Waals surface area contributed by atoms with Crippen molar-refractivity contribution in [3.63, 3.8) is 0 Å². The van der Waals surface area contributed by atoms with Crippen LogP contribution in [0.15, 0.2) is 41.7 Å². The second kappa shape index (κ2) is 11.4. The van der Waals surface area contributed by atoms with Crippen molar-refractivity contribution in [2.24, 2.45) is 0 Å². The van der Waals surface area contributed by atoms with E-state index in [0.29, 0.717) is 15.1 Å². The fraction of sp³-hybridized carbons (Fsp3) is 0.444. The number of hydrogen-bond donors (Lipinski definition) is 2. The minimum Gasteiger partial charge on any atom is -0.474 e. The third-order valence-electron chi connectivity index (χ3n) is 7.19. The summed E-state index contributed by atoms with van der Waals surface area (Å²) in [6.45, 7) is 5.77. The molecule has 0 bridgehead atoms. The van der Waals surface area contributed by atoms with Crippen LogP contribution in [0.4, 0.5) is 10.5 Å². The normalized spacial score (nSPS) is 16.3. The monoisotopic (exact) mass is 664 g/mol. The van der Waals surface area contributed by atoms with E-state index in [4.69, 9.17) is 4.74 Å². The Labute approximate surface area is 242 Å². The van der Waals surface area contributed by atoms with Crippen LogP contribution in [-0.4, -0.2) is 60.4 Å². The summed E-state index contributed by atoms with van der Waals surface area (Å²) < 4.78 is 36.5. The summed E-state index contributed by atoms with van der Waals surface area (Å²) in [5, 5.41) is 6.87. The van der Waals surface area contributed by atoms with Gasteiger partial charge in [0.1, 0.15) is 6.10 Å². The molecular weight excluding hydrogens is 631 g/mol. The predicted molar refractivity (Wildman–Crippen MR) is 158 cm³/mol. The Morgan fingerprint density at radius 3 is 2.67 bits per heavy atom. The molecule has 12 heteroatoms. The number of halogens is 1. The van der Waals surface area contributed by atoms with Gasteiger partial charge in [-0.1, -0.05) is 12.1 Å². The summed E-state index contributed by atoms with van der Waals surface area (Å²) in [5.74, 6) is 0.538. The van der Waals surface area contributed by atoms with Crippen LogP contribution in [0.3, 0.4) is 0 Å². The molecule has 1 aliphatic carbocycles. The molecule has 1 aromatic carbocycles. The molecule has 0 spiro atoms. The number of carbonyl (C=O) groups excluding carboxylic acids is 1. The summed E-state index contributed by atoms with van der Waals surface area (Å²) in [6.07, 6.45) is 8.03. The van der Waals surface area contributed by atoms with Crippen LogP contribution in [-0.2, 0) is 22.9 Å². The number of fused-ring (bicyclic) bond motifs is 1. The van der Waals surface area contributed by atoms with Gasteiger partial charge in [-0.25, -0.2) is 14.5 Å². The lowest BCUT2D eigenvalue weighted by atomic mass is 9.98. The van der Waals surface area contributed by atoms with Crippen LogP contribution in [0.25, 0.3) is 11.1 Å². The smallest absolute Gasteiger partial charge is 0.333 e. The molecule has 1 aliphatic heterocycles. The zero-order valence-electron chi connectivity index (χ0n) is 22.3. The summed E-state index contributed by atoms with van der Waals surface area (Å²) in [4.78, 5) is 19.8. The van der Waals surface area contributed by atoms with Gasteiger partial charge < -0.3 is 15.0 Å². The number of piperidine rings is 1. The molecule has 0 unspecified atom stereocenters. The van der Waals surface area contributed by atoms with E-state index in [1.807, 2.05) is 54.6 Å². The predicted octanol–water partition coefficient (Wildman–Crippen LogP) is 4.60. The van der Waals surface area contributed by atoms with Crippen LogP contribution >= 0.6 is 22.6 Å². The van der Waals surface area contributed by atoms with E-state index in [1.54, 1.807) is 17.1 Å². The number of likely N-dealkylation sites (tertiary alicyclic amines) is 1. The van der Waals surface area contributed by atoms with Crippen molar-refractivity contribution in [2.45, 2.75) is 63.1 Å². The van der Waals surface area contributed by atoms with Gasteiger partial charge >= 0.3 is 6.03 Å². The van der Waals surface area contributed by atoms with Crippen molar-refractivity contribution in [2.75, 3.05) is 25.5 Å². The average molecular weight is 665 g/mol. The molecule has 5 rings (SSSR count). The Morgan fingerprint density at radius 2 is 1.95 bits per heavy atom. The number of carbonyl (C=O) groups is 1. The van der Waals surface area contributed by atoms with E-state index in [1.165, 1.54) is 0 Å². The SMILES string of the molecule is CC(C)n1cc(I)c(S(=O)(=O)NC(=O)Nc2c(-c3ccnc(OC4CCN(C)CC4)c3)ccc3c2CCC3)n1. The molecule has 0 radical (unpaired) electrons. The Kier molecular flexibility index (Phi) is 8.15. The third-order valence-corrected chi connectivity index (χ3v) is 9.61. The van der Waals surface area contributed by atoms with E-state index in [9.17, 15) is 13.2 Å². The lowest BCUT2D eigenvalue weighted by molar-refractivity contribution is 0.110. The Balaban J connectivity index is 1.40. The summed E-state index contributed by atoms with van der Waals surface area (Å²) in [6, 6.07) is 6.96. The number of amides is 2. The van der Waals surface area contributed by atoms with Gasteiger partial charge in [0, 0.05) is 43.2 Å². The molecule has 2 aliphatic rings. The van der Waals surface area contributed by atoms with Crippen LogP contribution in [0.1, 0.15) is 50.3 Å². The summed E-state index contributed by atoms with van der Waals surface area (Å²) in [7, 11) is -2.07. The molecule has 1 fully saturated rings. The number of urea groups is 1. The molecular formula is C27H33IN6O4S. The number of sulfonamides is 1. The van der Waals surface area contributed by atoms with Gasteiger partial charge in [0.05, 0.1) is 9.26 Å². The fourth-order valence-electron chi connectivity index (χ4n) is 5.07. The zero-order chi connectivity index (χ0) is 27.7. The van der Waals surface area contributed by atoms with Crippen molar-refractivity contribution >= 4 is 44.3 Å². The first-order valence-electron chi connectivity index (χ1n) is 13.2. The first-order chi connectivity index (χ1) is 18.6. The fourth-order valence-corrected chi connectivity index (χ4v) is 7.24. The lowest BCUT2D eigenvalue weighted by Gasteiger charge is -2.29. The van der Waals surface area contributed by atoms with Crippen LogP contribution in [0.2, 0.25) is 0 Å². The van der Waals surface area contributed by atoms with Crippen molar-refractivity contribution < 1.29 is 17.9 Å². The highest BCUT2D eigenvalue weighted by molar-refractivity contribution is 14.1. The van der Waals surface area contributed by atoms with Crippen LogP contribution in [0.5, 0.6) is 5.88 Å². The Morgan fingerprint density at radius 1 is 1.18 bits per heavy atom. The van der Waals surface area contributed by atoms with Gasteiger partial charge in [0.15, 0.2) is 0 Å². The highest BCUT2D eigenvalue weighted by Crippen LogP contribution is 2.38. The van der Waals surface area contributed by atoms with Crippen molar-refractivity contribution in [1.82, 2.24) is 24.4 Å². The highest BCUT2D eigenvalue weighted by atomic mass is 127. The molecule has 2 aromatic heterocycles. The first kappa shape index (κ1) is 27.8. The van der Waals surface area contributed by atoms with Crippen molar-refractivity contribution in [3.8, 4) is 17.0 Å². The maximum Gasteiger partial charge on any atom is 0.333 e. The molecule has 0 saturated carbocycles. The second-order valence-electron chi connectivity index (χ2n) is 10.4. The molecule has 3 aromatic rings. The van der Waals surface area contributed by atoms with Gasteiger partial charge in [0.25, 0.3) is 10.0 Å². The Hall–Kier alpha value is -2.71. The molecule has 1 saturated heterocycles. The molecule has 0 atom stereocenters. The summed E-state index contributed by atoms with van der Waals surface area (Å²) >= 11 is 1.92. The van der Waals surface area contributed by atoms with E-state index in [-0.39, 0.29) is 17.2 Å². The Bertz CT molecular complexity index is 1480. The topological polar surface area (TPSA) is 118 Å². The van der Waals surface area contributed by atoms with E-state index < -0.39 is 16.1 Å². The average Bonchev–Trinajstić information content (AvgIpc) is 3.53. The second-order valence-corrected chi connectivity index (χ2v) is 13.2. The zero-order valence-corrected chi connectivity index (χ0v) is 25.3. The number of anilines is 1. The lowest BCUT2D eigenvalue weighted by Crippen LogP contribution is -2.35. The largest absolute Gasteiger partial charge is 0.474 e. The van der Waals surface area contributed by atoms with Crippen molar-refractivity contribution in [1.29, 1.82) is 0 Å². The third kappa shape index (κ3) is 6.22. The standard InChI is InChI=1S/C27H33IN6O4S/c1-17(2)34-16-23(28)26(31-34)39(36,37)32-27(35)30-25-21-6-4-5-18(21)7-8-22(25)19-9-12-29-24(15-19)38-20-10-13-33(3)14-11-20/h7-9,12,15-17,20H,4-6,10-11,13-14H2,1-3H3,(H2,30,32,35). The number of ether oxygens (including phenoxy) is 1. The molecule has 2 N–H and O–H groups in total. The molecule has 2 amide bonds. The van der Waals surface area contributed by atoms with E-state index in [2.05, 4.69) is 38.1 Å². The number of benzene rings is 1. The van der Waals surface area contributed by atoms with Crippen molar-refractivity contribution in [3.05, 3.63) is 51.4 Å². The van der Waals surface area contributed by atoms with Gasteiger partial charge in [0.2, 0.25) is 10.9 Å². The molecule has 39 heavy (non-hydrogen) atoms. The number of aromatic nitrogens is 3. The maximum absolute atomic E-state index is 13.1.